The summed E-state index contributed by atoms with van der Waals surface area (Å²) in [6, 6.07) is 0. The van der Waals surface area contributed by atoms with Gasteiger partial charge in [-0.15, -0.1) is 0 Å². The second-order valence-corrected chi connectivity index (χ2v) is 8.04. The van der Waals surface area contributed by atoms with Crippen molar-refractivity contribution in [2.75, 3.05) is 26.4 Å². The molecule has 0 spiro atoms. The molecule has 4 unspecified atom stereocenters. The minimum Gasteiger partial charge on any atom is -0.466 e. The first-order chi connectivity index (χ1) is 14.7. The molecule has 0 saturated heterocycles. The van der Waals surface area contributed by atoms with E-state index in [0.717, 1.165) is 5.57 Å². The lowest BCUT2D eigenvalue weighted by Gasteiger charge is -2.52. The van der Waals surface area contributed by atoms with Crippen LogP contribution in [-0.4, -0.2) is 50.3 Å². The Balaban J connectivity index is 2.71. The maximum absolute atomic E-state index is 13.1. The summed E-state index contributed by atoms with van der Waals surface area (Å²) in [6.45, 7) is 11.2. The number of esters is 4. The van der Waals surface area contributed by atoms with E-state index in [9.17, 15) is 19.2 Å². The van der Waals surface area contributed by atoms with Crippen molar-refractivity contribution in [3.63, 3.8) is 0 Å². The van der Waals surface area contributed by atoms with Crippen LogP contribution in [-0.2, 0) is 38.1 Å². The van der Waals surface area contributed by atoms with Crippen LogP contribution in [0.5, 0.6) is 0 Å². The highest BCUT2D eigenvalue weighted by Gasteiger charge is 2.64. The first-order valence-corrected chi connectivity index (χ1v) is 11.1. The summed E-state index contributed by atoms with van der Waals surface area (Å²) in [7, 11) is 0. The van der Waals surface area contributed by atoms with Gasteiger partial charge in [-0.3, -0.25) is 19.2 Å². The third-order valence-electron chi connectivity index (χ3n) is 6.05. The van der Waals surface area contributed by atoms with Crippen molar-refractivity contribution in [2.45, 2.75) is 41.5 Å². The van der Waals surface area contributed by atoms with E-state index in [2.05, 4.69) is 0 Å². The smallest absolute Gasteiger partial charge is 0.310 e. The van der Waals surface area contributed by atoms with Crippen LogP contribution < -0.4 is 0 Å². The first-order valence-electron chi connectivity index (χ1n) is 11.1. The third-order valence-corrected chi connectivity index (χ3v) is 6.05. The van der Waals surface area contributed by atoms with Crippen molar-refractivity contribution in [1.29, 1.82) is 0 Å². The first kappa shape index (κ1) is 24.9. The second kappa shape index (κ2) is 10.8. The minimum atomic E-state index is -0.938. The Labute approximate surface area is 183 Å². The van der Waals surface area contributed by atoms with E-state index in [1.165, 1.54) is 0 Å². The van der Waals surface area contributed by atoms with Gasteiger partial charge in [0.25, 0.3) is 0 Å². The topological polar surface area (TPSA) is 105 Å². The molecule has 3 aliphatic rings. The average molecular weight is 439 g/mol. The van der Waals surface area contributed by atoms with Crippen molar-refractivity contribution < 1.29 is 38.1 Å². The number of carbonyl (C=O) groups excluding carboxylic acids is 4. The van der Waals surface area contributed by atoms with Crippen LogP contribution in [0.2, 0.25) is 0 Å². The lowest BCUT2D eigenvalue weighted by Crippen LogP contribution is -2.60. The van der Waals surface area contributed by atoms with E-state index < -0.39 is 59.4 Å². The molecule has 0 radical (unpaired) electrons. The predicted octanol–water partition coefficient (Wildman–Crippen LogP) is 2.55. The number of fused-ring (bicyclic) bond motifs is 2. The molecule has 1 fully saturated rings. The van der Waals surface area contributed by atoms with Gasteiger partial charge in [0.15, 0.2) is 0 Å². The standard InChI is InChI=1S/C23H34O8/c1-7-28-20(24)16-14-11-13(12(5)6)15(18(16)22(26)30-9-3)19(23(27)31-10-4)17(14)21(25)29-8-2/h11-12,14-19H,7-10H2,1-6H3. The van der Waals surface area contributed by atoms with Crippen LogP contribution in [0.3, 0.4) is 0 Å². The van der Waals surface area contributed by atoms with Gasteiger partial charge in [0.05, 0.1) is 50.1 Å². The molecule has 1 saturated carbocycles. The Morgan fingerprint density at radius 3 is 1.29 bits per heavy atom. The summed E-state index contributed by atoms with van der Waals surface area (Å²) in [5.41, 5.74) is 0.849. The Hall–Kier alpha value is -2.38. The summed E-state index contributed by atoms with van der Waals surface area (Å²) >= 11 is 0. The molecular formula is C23H34O8. The van der Waals surface area contributed by atoms with Gasteiger partial charge in [-0.2, -0.15) is 0 Å². The highest BCUT2D eigenvalue weighted by atomic mass is 16.5. The van der Waals surface area contributed by atoms with Crippen LogP contribution >= 0.6 is 0 Å². The Kier molecular flexibility index (Phi) is 8.65. The van der Waals surface area contributed by atoms with Crippen LogP contribution in [0.1, 0.15) is 41.5 Å². The minimum absolute atomic E-state index is 0.00681. The number of allylic oxidation sites excluding steroid dienone is 2. The van der Waals surface area contributed by atoms with E-state index in [1.54, 1.807) is 27.7 Å². The van der Waals surface area contributed by atoms with Crippen molar-refractivity contribution in [3.8, 4) is 0 Å². The molecule has 3 aliphatic carbocycles. The molecular weight excluding hydrogens is 404 g/mol. The molecule has 31 heavy (non-hydrogen) atoms. The number of hydrogen-bond acceptors (Lipinski definition) is 8. The Morgan fingerprint density at radius 2 is 1.00 bits per heavy atom. The van der Waals surface area contributed by atoms with Gasteiger partial charge < -0.3 is 18.9 Å². The van der Waals surface area contributed by atoms with Crippen molar-refractivity contribution in [2.24, 2.45) is 41.4 Å². The van der Waals surface area contributed by atoms with Crippen LogP contribution in [0, 0.1) is 41.4 Å². The Bertz CT molecular complexity index is 677. The highest BCUT2D eigenvalue weighted by molar-refractivity contribution is 5.90. The van der Waals surface area contributed by atoms with Gasteiger partial charge in [0.2, 0.25) is 0 Å². The summed E-state index contributed by atoms with van der Waals surface area (Å²) in [5, 5.41) is 0. The highest BCUT2D eigenvalue weighted by Crippen LogP contribution is 2.57. The summed E-state index contributed by atoms with van der Waals surface area (Å²) in [4.78, 5) is 52.1. The molecule has 8 nitrogen and oxygen atoms in total. The van der Waals surface area contributed by atoms with E-state index in [1.807, 2.05) is 19.9 Å². The van der Waals surface area contributed by atoms with Gasteiger partial charge in [0, 0.05) is 11.8 Å². The van der Waals surface area contributed by atoms with Crippen LogP contribution in [0.15, 0.2) is 11.6 Å². The van der Waals surface area contributed by atoms with E-state index in [-0.39, 0.29) is 32.3 Å². The SMILES string of the molecule is CCOC(=O)C1C2C=C(C(C)C)C(C1C(=O)OCC)C(C(=O)OCC)C2C(=O)OCC. The van der Waals surface area contributed by atoms with Gasteiger partial charge >= 0.3 is 23.9 Å². The van der Waals surface area contributed by atoms with E-state index in [0.29, 0.717) is 0 Å². The number of hydrogen-bond donors (Lipinski definition) is 0. The maximum atomic E-state index is 13.1. The predicted molar refractivity (Wildman–Crippen MR) is 110 cm³/mol. The van der Waals surface area contributed by atoms with Crippen LogP contribution in [0.25, 0.3) is 0 Å². The molecule has 0 aromatic carbocycles. The lowest BCUT2D eigenvalue weighted by molar-refractivity contribution is -0.186. The van der Waals surface area contributed by atoms with Crippen molar-refractivity contribution in [1.82, 2.24) is 0 Å². The fourth-order valence-electron chi connectivity index (χ4n) is 5.05. The molecule has 4 atom stereocenters. The van der Waals surface area contributed by atoms with E-state index in [4.69, 9.17) is 18.9 Å². The normalized spacial score (nSPS) is 29.2. The summed E-state index contributed by atoms with van der Waals surface area (Å²) in [6.07, 6.45) is 1.87. The molecule has 0 aliphatic heterocycles. The third kappa shape index (κ3) is 4.77. The number of ether oxygens (including phenoxy) is 4. The lowest BCUT2D eigenvalue weighted by atomic mass is 9.49. The molecule has 0 heterocycles. The number of carbonyl (C=O) groups is 4. The molecule has 0 amide bonds. The molecule has 0 aromatic rings. The van der Waals surface area contributed by atoms with Gasteiger partial charge in [-0.05, 0) is 33.6 Å². The average Bonchev–Trinajstić information content (AvgIpc) is 2.72. The quantitative estimate of drug-likeness (QED) is 0.307. The summed E-state index contributed by atoms with van der Waals surface area (Å²) in [5.74, 6) is -7.51. The van der Waals surface area contributed by atoms with Crippen molar-refractivity contribution >= 4 is 23.9 Å². The van der Waals surface area contributed by atoms with Crippen molar-refractivity contribution in [3.05, 3.63) is 11.6 Å². The maximum Gasteiger partial charge on any atom is 0.310 e. The van der Waals surface area contributed by atoms with E-state index >= 15 is 0 Å². The molecule has 3 rings (SSSR count). The monoisotopic (exact) mass is 438 g/mol. The summed E-state index contributed by atoms with van der Waals surface area (Å²) < 4.78 is 21.2. The fourth-order valence-corrected chi connectivity index (χ4v) is 5.05. The molecule has 0 N–H and O–H groups in total. The van der Waals surface area contributed by atoms with Crippen LogP contribution in [0.4, 0.5) is 0 Å². The number of rotatable bonds is 9. The second-order valence-electron chi connectivity index (χ2n) is 8.04. The molecule has 174 valence electrons. The molecule has 8 heteroatoms. The largest absolute Gasteiger partial charge is 0.466 e. The zero-order valence-electron chi connectivity index (χ0n) is 19.2. The zero-order valence-corrected chi connectivity index (χ0v) is 19.2. The fraction of sp³-hybridized carbons (Fsp3) is 0.739. The zero-order chi connectivity index (χ0) is 23.3. The van der Waals surface area contributed by atoms with Gasteiger partial charge in [-0.1, -0.05) is 25.5 Å². The molecule has 0 aromatic heterocycles. The Morgan fingerprint density at radius 1 is 0.677 bits per heavy atom. The van der Waals surface area contributed by atoms with Gasteiger partial charge in [-0.25, -0.2) is 0 Å². The van der Waals surface area contributed by atoms with Gasteiger partial charge in [0.1, 0.15) is 0 Å². The molecule has 2 bridgehead atoms.